The van der Waals surface area contributed by atoms with Crippen LogP contribution in [0.1, 0.15) is 16.7 Å². The normalized spacial score (nSPS) is 10.9. The third-order valence-electron chi connectivity index (χ3n) is 5.41. The fourth-order valence-electron chi connectivity index (χ4n) is 3.77. The van der Waals surface area contributed by atoms with Gasteiger partial charge in [0.2, 0.25) is 5.91 Å². The first kappa shape index (κ1) is 21.2. The van der Waals surface area contributed by atoms with E-state index < -0.39 is 11.2 Å². The van der Waals surface area contributed by atoms with Gasteiger partial charge in [0.25, 0.3) is 5.56 Å². The van der Waals surface area contributed by atoms with Crippen molar-refractivity contribution in [2.24, 2.45) is 0 Å². The van der Waals surface area contributed by atoms with Crippen LogP contribution in [0.4, 0.5) is 5.69 Å². The first-order valence-corrected chi connectivity index (χ1v) is 10.4. The topological polar surface area (TPSA) is 86.0 Å². The van der Waals surface area contributed by atoms with Crippen molar-refractivity contribution in [3.63, 3.8) is 0 Å². The molecular formula is C25H24N4O3. The number of aryl methyl sites for hydroxylation is 3. The SMILES string of the molecule is Cc1ccc(NC(=O)Cn2c(=O)n(CCc3ccccc3)c(=O)c3ncccc32)c(C)c1. The van der Waals surface area contributed by atoms with Crippen molar-refractivity contribution in [2.75, 3.05) is 5.32 Å². The number of rotatable bonds is 6. The van der Waals surface area contributed by atoms with Crippen molar-refractivity contribution in [1.29, 1.82) is 0 Å². The zero-order chi connectivity index (χ0) is 22.7. The van der Waals surface area contributed by atoms with Gasteiger partial charge in [0.15, 0.2) is 5.52 Å². The third kappa shape index (κ3) is 4.37. The number of carbonyl (C=O) groups excluding carboxylic acids is 1. The lowest BCUT2D eigenvalue weighted by Crippen LogP contribution is -2.42. The Kier molecular flexibility index (Phi) is 5.98. The summed E-state index contributed by atoms with van der Waals surface area (Å²) in [6.45, 7) is 3.88. The molecule has 4 rings (SSSR count). The molecule has 0 aliphatic carbocycles. The fraction of sp³-hybridized carbons (Fsp3) is 0.200. The fourth-order valence-corrected chi connectivity index (χ4v) is 3.77. The van der Waals surface area contributed by atoms with Crippen LogP contribution in [0, 0.1) is 13.8 Å². The van der Waals surface area contributed by atoms with Crippen molar-refractivity contribution in [3.8, 4) is 0 Å². The molecule has 0 spiro atoms. The first-order chi connectivity index (χ1) is 15.4. The molecule has 0 fully saturated rings. The Morgan fingerprint density at radius 2 is 1.75 bits per heavy atom. The maximum Gasteiger partial charge on any atom is 0.332 e. The van der Waals surface area contributed by atoms with Crippen LogP contribution in [-0.4, -0.2) is 20.0 Å². The van der Waals surface area contributed by atoms with Gasteiger partial charge in [-0.3, -0.25) is 18.7 Å². The van der Waals surface area contributed by atoms with Crippen LogP contribution in [0.15, 0.2) is 76.4 Å². The summed E-state index contributed by atoms with van der Waals surface area (Å²) in [4.78, 5) is 43.2. The van der Waals surface area contributed by atoms with Crippen molar-refractivity contribution >= 4 is 22.6 Å². The van der Waals surface area contributed by atoms with Gasteiger partial charge < -0.3 is 5.32 Å². The molecule has 2 aromatic heterocycles. The van der Waals surface area contributed by atoms with Gasteiger partial charge in [-0.1, -0.05) is 48.0 Å². The highest BCUT2D eigenvalue weighted by Gasteiger charge is 2.16. The molecule has 7 heteroatoms. The molecule has 0 atom stereocenters. The van der Waals surface area contributed by atoms with E-state index in [2.05, 4.69) is 10.3 Å². The summed E-state index contributed by atoms with van der Waals surface area (Å²) in [6, 6.07) is 18.6. The number of amides is 1. The average molecular weight is 428 g/mol. The monoisotopic (exact) mass is 428 g/mol. The molecule has 0 bridgehead atoms. The largest absolute Gasteiger partial charge is 0.332 e. The van der Waals surface area contributed by atoms with E-state index >= 15 is 0 Å². The van der Waals surface area contributed by atoms with E-state index in [9.17, 15) is 14.4 Å². The quantitative estimate of drug-likeness (QED) is 0.511. The molecule has 0 unspecified atom stereocenters. The molecule has 7 nitrogen and oxygen atoms in total. The Hall–Kier alpha value is -4.00. The van der Waals surface area contributed by atoms with E-state index in [1.807, 2.05) is 62.4 Å². The number of carbonyl (C=O) groups is 1. The molecule has 0 saturated heterocycles. The maximum absolute atomic E-state index is 13.2. The predicted molar refractivity (Wildman–Crippen MR) is 125 cm³/mol. The average Bonchev–Trinajstić information content (AvgIpc) is 2.79. The van der Waals surface area contributed by atoms with Gasteiger partial charge in [0.1, 0.15) is 6.54 Å². The van der Waals surface area contributed by atoms with E-state index in [-0.39, 0.29) is 24.5 Å². The second kappa shape index (κ2) is 9.01. The van der Waals surface area contributed by atoms with E-state index in [4.69, 9.17) is 0 Å². The molecular weight excluding hydrogens is 404 g/mol. The maximum atomic E-state index is 13.2. The lowest BCUT2D eigenvalue weighted by Gasteiger charge is -2.14. The van der Waals surface area contributed by atoms with Gasteiger partial charge >= 0.3 is 5.69 Å². The number of pyridine rings is 1. The zero-order valence-corrected chi connectivity index (χ0v) is 18.0. The van der Waals surface area contributed by atoms with Crippen LogP contribution in [0.3, 0.4) is 0 Å². The van der Waals surface area contributed by atoms with Crippen molar-refractivity contribution < 1.29 is 4.79 Å². The van der Waals surface area contributed by atoms with E-state index in [1.165, 1.54) is 10.8 Å². The first-order valence-electron chi connectivity index (χ1n) is 10.4. The summed E-state index contributed by atoms with van der Waals surface area (Å²) >= 11 is 0. The lowest BCUT2D eigenvalue weighted by atomic mass is 10.1. The Bertz CT molecular complexity index is 1400. The number of anilines is 1. The van der Waals surface area contributed by atoms with Gasteiger partial charge in [0.05, 0.1) is 5.52 Å². The molecule has 0 aliphatic heterocycles. The second-order valence-corrected chi connectivity index (χ2v) is 7.80. The summed E-state index contributed by atoms with van der Waals surface area (Å²) in [7, 11) is 0. The minimum Gasteiger partial charge on any atom is -0.324 e. The van der Waals surface area contributed by atoms with Crippen molar-refractivity contribution in [1.82, 2.24) is 14.1 Å². The van der Waals surface area contributed by atoms with E-state index in [0.29, 0.717) is 17.6 Å². The van der Waals surface area contributed by atoms with Crippen molar-refractivity contribution in [3.05, 3.63) is 104 Å². The minimum atomic E-state index is -0.526. The van der Waals surface area contributed by atoms with Crippen LogP contribution in [0.2, 0.25) is 0 Å². The van der Waals surface area contributed by atoms with Gasteiger partial charge in [-0.05, 0) is 49.6 Å². The minimum absolute atomic E-state index is 0.166. The molecule has 2 aromatic carbocycles. The predicted octanol–water partition coefficient (Wildman–Crippen LogP) is 3.06. The molecule has 0 radical (unpaired) electrons. The van der Waals surface area contributed by atoms with Crippen LogP contribution in [0.25, 0.3) is 11.0 Å². The molecule has 1 N–H and O–H groups in total. The second-order valence-electron chi connectivity index (χ2n) is 7.80. The summed E-state index contributed by atoms with van der Waals surface area (Å²) in [5.41, 5.74) is 3.26. The third-order valence-corrected chi connectivity index (χ3v) is 5.41. The number of hydrogen-bond acceptors (Lipinski definition) is 4. The Morgan fingerprint density at radius 1 is 0.969 bits per heavy atom. The number of hydrogen-bond donors (Lipinski definition) is 1. The van der Waals surface area contributed by atoms with Gasteiger partial charge in [0, 0.05) is 18.4 Å². The zero-order valence-electron chi connectivity index (χ0n) is 18.0. The highest BCUT2D eigenvalue weighted by molar-refractivity contribution is 5.92. The standard InChI is InChI=1S/C25H24N4O3/c1-17-10-11-20(18(2)15-17)27-22(30)16-29-21-9-6-13-26-23(21)24(31)28(25(29)32)14-12-19-7-4-3-5-8-19/h3-11,13,15H,12,14,16H2,1-2H3,(H,27,30). The molecule has 32 heavy (non-hydrogen) atoms. The summed E-state index contributed by atoms with van der Waals surface area (Å²) in [6.07, 6.45) is 2.03. The number of nitrogens with one attached hydrogen (secondary N) is 1. The molecule has 4 aromatic rings. The van der Waals surface area contributed by atoms with Gasteiger partial charge in [-0.2, -0.15) is 0 Å². The van der Waals surface area contributed by atoms with Crippen LogP contribution >= 0.6 is 0 Å². The Balaban J connectivity index is 1.69. The van der Waals surface area contributed by atoms with Crippen LogP contribution in [-0.2, 0) is 24.3 Å². The number of nitrogens with zero attached hydrogens (tertiary/aromatic N) is 3. The highest BCUT2D eigenvalue weighted by Crippen LogP contribution is 2.16. The summed E-state index contributed by atoms with van der Waals surface area (Å²) in [5.74, 6) is -0.350. The van der Waals surface area contributed by atoms with Crippen LogP contribution in [0.5, 0.6) is 0 Å². The van der Waals surface area contributed by atoms with Gasteiger partial charge in [-0.15, -0.1) is 0 Å². The van der Waals surface area contributed by atoms with Gasteiger partial charge in [-0.25, -0.2) is 9.78 Å². The molecule has 0 aliphatic rings. The number of fused-ring (bicyclic) bond motifs is 1. The number of benzene rings is 2. The number of aromatic nitrogens is 3. The summed E-state index contributed by atoms with van der Waals surface area (Å²) < 4.78 is 2.47. The van der Waals surface area contributed by atoms with E-state index in [1.54, 1.807) is 12.1 Å². The Labute approximate surface area is 185 Å². The molecule has 0 saturated carbocycles. The summed E-state index contributed by atoms with van der Waals surface area (Å²) in [5, 5.41) is 2.86. The molecule has 2 heterocycles. The molecule has 162 valence electrons. The smallest absolute Gasteiger partial charge is 0.324 e. The van der Waals surface area contributed by atoms with Crippen LogP contribution < -0.4 is 16.6 Å². The van der Waals surface area contributed by atoms with Crippen molar-refractivity contribution in [2.45, 2.75) is 33.4 Å². The highest BCUT2D eigenvalue weighted by atomic mass is 16.2. The Morgan fingerprint density at radius 3 is 2.50 bits per heavy atom. The van der Waals surface area contributed by atoms with E-state index in [0.717, 1.165) is 21.3 Å². The molecule has 1 amide bonds. The lowest BCUT2D eigenvalue weighted by molar-refractivity contribution is -0.116.